The van der Waals surface area contributed by atoms with Crippen molar-refractivity contribution in [2.45, 2.75) is 6.10 Å². The molecule has 0 radical (unpaired) electrons. The zero-order chi connectivity index (χ0) is 11.5. The Kier molecular flexibility index (Phi) is 3.22. The van der Waals surface area contributed by atoms with Gasteiger partial charge >= 0.3 is 0 Å². The molecule has 0 aliphatic rings. The van der Waals surface area contributed by atoms with Crippen LogP contribution in [0.5, 0.6) is 5.75 Å². The molecule has 0 spiro atoms. The molecule has 4 heteroatoms. The first kappa shape index (κ1) is 11.1. The van der Waals surface area contributed by atoms with Gasteiger partial charge in [-0.2, -0.15) is 0 Å². The predicted molar refractivity (Wildman–Crippen MR) is 61.3 cm³/mol. The van der Waals surface area contributed by atoms with Crippen molar-refractivity contribution in [3.05, 3.63) is 52.0 Å². The number of aliphatic hydroxyl groups excluding tert-OH is 1. The molecule has 1 N–H and O–H groups in total. The number of ether oxygens (including phenoxy) is 1. The zero-order valence-corrected chi connectivity index (χ0v) is 9.50. The second-order valence-electron chi connectivity index (χ2n) is 3.31. The van der Waals surface area contributed by atoms with E-state index in [4.69, 9.17) is 4.74 Å². The molecule has 1 heterocycles. The van der Waals surface area contributed by atoms with Gasteiger partial charge in [0.2, 0.25) is 0 Å². The number of benzene rings is 1. The van der Waals surface area contributed by atoms with Crippen LogP contribution in [0.2, 0.25) is 0 Å². The third-order valence-electron chi connectivity index (χ3n) is 2.31. The molecule has 0 bridgehead atoms. The summed E-state index contributed by atoms with van der Waals surface area (Å²) >= 11 is 1.39. The van der Waals surface area contributed by atoms with E-state index >= 15 is 0 Å². The Morgan fingerprint density at radius 1 is 1.38 bits per heavy atom. The molecule has 84 valence electrons. The molecule has 0 aliphatic heterocycles. The molecular formula is C12H11FO2S. The van der Waals surface area contributed by atoms with Crippen LogP contribution in [0.3, 0.4) is 0 Å². The van der Waals surface area contributed by atoms with Gasteiger partial charge in [-0.15, -0.1) is 11.3 Å². The Hall–Kier alpha value is -1.39. The molecule has 0 aliphatic carbocycles. The van der Waals surface area contributed by atoms with Crippen molar-refractivity contribution >= 4 is 11.3 Å². The van der Waals surface area contributed by atoms with Crippen LogP contribution in [0.4, 0.5) is 4.39 Å². The van der Waals surface area contributed by atoms with E-state index in [1.165, 1.54) is 36.6 Å². The minimum Gasteiger partial charge on any atom is -0.497 e. The molecule has 2 nitrogen and oxygen atoms in total. The van der Waals surface area contributed by atoms with Gasteiger partial charge in [-0.05, 0) is 29.6 Å². The van der Waals surface area contributed by atoms with Crippen LogP contribution >= 0.6 is 11.3 Å². The van der Waals surface area contributed by atoms with Crippen LogP contribution in [0.1, 0.15) is 16.5 Å². The van der Waals surface area contributed by atoms with E-state index in [0.29, 0.717) is 10.6 Å². The summed E-state index contributed by atoms with van der Waals surface area (Å²) in [6.45, 7) is 0. The molecule has 2 rings (SSSR count). The predicted octanol–water partition coefficient (Wildman–Crippen LogP) is 2.98. The maximum Gasteiger partial charge on any atom is 0.129 e. The third-order valence-corrected chi connectivity index (χ3v) is 3.24. The first-order valence-corrected chi connectivity index (χ1v) is 5.65. The molecule has 16 heavy (non-hydrogen) atoms. The van der Waals surface area contributed by atoms with Crippen molar-refractivity contribution in [2.75, 3.05) is 7.11 Å². The Balaban J connectivity index is 2.39. The monoisotopic (exact) mass is 238 g/mol. The Morgan fingerprint density at radius 3 is 2.81 bits per heavy atom. The minimum atomic E-state index is -0.935. The van der Waals surface area contributed by atoms with Gasteiger partial charge in [-0.25, -0.2) is 4.39 Å². The van der Waals surface area contributed by atoms with Crippen LogP contribution < -0.4 is 4.74 Å². The zero-order valence-electron chi connectivity index (χ0n) is 8.68. The molecule has 0 saturated heterocycles. The molecule has 1 aromatic heterocycles. The molecule has 1 unspecified atom stereocenters. The normalized spacial score (nSPS) is 12.4. The number of methoxy groups -OCH3 is 1. The number of aliphatic hydroxyl groups is 1. The lowest BCUT2D eigenvalue weighted by molar-refractivity contribution is 0.218. The van der Waals surface area contributed by atoms with E-state index in [9.17, 15) is 9.50 Å². The van der Waals surface area contributed by atoms with Gasteiger partial charge in [-0.1, -0.05) is 6.07 Å². The van der Waals surface area contributed by atoms with E-state index < -0.39 is 11.9 Å². The Morgan fingerprint density at radius 2 is 2.19 bits per heavy atom. The van der Waals surface area contributed by atoms with Crippen LogP contribution in [0.15, 0.2) is 35.7 Å². The van der Waals surface area contributed by atoms with Gasteiger partial charge in [0.15, 0.2) is 0 Å². The van der Waals surface area contributed by atoms with E-state index in [-0.39, 0.29) is 5.56 Å². The number of hydrogen-bond donors (Lipinski definition) is 1. The largest absolute Gasteiger partial charge is 0.497 e. The van der Waals surface area contributed by atoms with Gasteiger partial charge in [0.1, 0.15) is 17.7 Å². The Labute approximate surface area is 96.9 Å². The van der Waals surface area contributed by atoms with Gasteiger partial charge in [-0.3, -0.25) is 0 Å². The summed E-state index contributed by atoms with van der Waals surface area (Å²) in [5.41, 5.74) is 0.238. The molecular weight excluding hydrogens is 227 g/mol. The van der Waals surface area contributed by atoms with E-state index in [0.717, 1.165) is 0 Å². The maximum atomic E-state index is 13.5. The standard InChI is InChI=1S/C12H11FO2S/c1-15-8-4-5-10(13)9(7-8)12(14)11-3-2-6-16-11/h2-7,12,14H,1H3. The maximum absolute atomic E-state index is 13.5. The minimum absolute atomic E-state index is 0.238. The summed E-state index contributed by atoms with van der Waals surface area (Å²) in [5.74, 6) is 0.105. The quantitative estimate of drug-likeness (QED) is 0.890. The van der Waals surface area contributed by atoms with Gasteiger partial charge in [0.05, 0.1) is 7.11 Å². The van der Waals surface area contributed by atoms with Crippen molar-refractivity contribution in [3.8, 4) is 5.75 Å². The molecule has 0 amide bonds. The number of rotatable bonds is 3. The van der Waals surface area contributed by atoms with Gasteiger partial charge in [0.25, 0.3) is 0 Å². The van der Waals surface area contributed by atoms with Crippen LogP contribution in [-0.2, 0) is 0 Å². The summed E-state index contributed by atoms with van der Waals surface area (Å²) in [6.07, 6.45) is -0.935. The third kappa shape index (κ3) is 2.08. The topological polar surface area (TPSA) is 29.5 Å². The fourth-order valence-electron chi connectivity index (χ4n) is 1.46. The van der Waals surface area contributed by atoms with Crippen molar-refractivity contribution in [2.24, 2.45) is 0 Å². The van der Waals surface area contributed by atoms with Gasteiger partial charge in [0, 0.05) is 10.4 Å². The van der Waals surface area contributed by atoms with Crippen molar-refractivity contribution in [3.63, 3.8) is 0 Å². The average molecular weight is 238 g/mol. The summed E-state index contributed by atoms with van der Waals surface area (Å²) in [5, 5.41) is 11.8. The highest BCUT2D eigenvalue weighted by molar-refractivity contribution is 7.10. The van der Waals surface area contributed by atoms with Crippen molar-refractivity contribution in [1.29, 1.82) is 0 Å². The lowest BCUT2D eigenvalue weighted by atomic mass is 10.1. The summed E-state index contributed by atoms with van der Waals surface area (Å²) < 4.78 is 18.5. The first-order chi connectivity index (χ1) is 7.72. The van der Waals surface area contributed by atoms with E-state index in [1.807, 2.05) is 11.4 Å². The first-order valence-electron chi connectivity index (χ1n) is 4.77. The number of thiophene rings is 1. The SMILES string of the molecule is COc1ccc(F)c(C(O)c2cccs2)c1. The summed E-state index contributed by atoms with van der Waals surface area (Å²) in [4.78, 5) is 0.715. The summed E-state index contributed by atoms with van der Waals surface area (Å²) in [7, 11) is 1.51. The fourth-order valence-corrected chi connectivity index (χ4v) is 2.19. The molecule has 0 fully saturated rings. The highest BCUT2D eigenvalue weighted by atomic mass is 32.1. The lowest BCUT2D eigenvalue weighted by Crippen LogP contribution is -2.01. The van der Waals surface area contributed by atoms with Gasteiger partial charge < -0.3 is 9.84 Å². The van der Waals surface area contributed by atoms with Crippen molar-refractivity contribution < 1.29 is 14.2 Å². The highest BCUT2D eigenvalue weighted by Crippen LogP contribution is 2.29. The second-order valence-corrected chi connectivity index (χ2v) is 4.28. The number of halogens is 1. The molecule has 2 aromatic rings. The lowest BCUT2D eigenvalue weighted by Gasteiger charge is -2.11. The van der Waals surface area contributed by atoms with E-state index in [1.54, 1.807) is 6.07 Å². The number of hydrogen-bond acceptors (Lipinski definition) is 3. The van der Waals surface area contributed by atoms with Crippen LogP contribution in [0.25, 0.3) is 0 Å². The Bertz CT molecular complexity index is 468. The highest BCUT2D eigenvalue weighted by Gasteiger charge is 2.16. The molecule has 0 saturated carbocycles. The summed E-state index contributed by atoms with van der Waals surface area (Å²) in [6, 6.07) is 7.93. The second kappa shape index (κ2) is 4.63. The van der Waals surface area contributed by atoms with Crippen LogP contribution in [0, 0.1) is 5.82 Å². The van der Waals surface area contributed by atoms with Crippen LogP contribution in [-0.4, -0.2) is 12.2 Å². The fraction of sp³-hybridized carbons (Fsp3) is 0.167. The molecule has 1 aromatic carbocycles. The van der Waals surface area contributed by atoms with Crippen molar-refractivity contribution in [1.82, 2.24) is 0 Å². The smallest absolute Gasteiger partial charge is 0.129 e. The molecule has 1 atom stereocenters. The average Bonchev–Trinajstić information content (AvgIpc) is 2.82. The van der Waals surface area contributed by atoms with E-state index in [2.05, 4.69) is 0 Å².